The number of halogens is 1. The van der Waals surface area contributed by atoms with Gasteiger partial charge in [-0.1, -0.05) is 50.1 Å². The van der Waals surface area contributed by atoms with Gasteiger partial charge >= 0.3 is 0 Å². The van der Waals surface area contributed by atoms with Crippen LogP contribution in [0.1, 0.15) is 52.0 Å². The van der Waals surface area contributed by atoms with Gasteiger partial charge in [0.05, 0.1) is 19.6 Å². The molecule has 0 fully saturated rings. The van der Waals surface area contributed by atoms with Crippen molar-refractivity contribution in [2.24, 2.45) is 0 Å². The van der Waals surface area contributed by atoms with E-state index in [-0.39, 0.29) is 17.0 Å². The summed E-state index contributed by atoms with van der Waals surface area (Å²) in [5, 5.41) is 0. The molecule has 0 aliphatic heterocycles. The Bertz CT molecular complexity index is 306. The van der Waals surface area contributed by atoms with E-state index in [0.29, 0.717) is 0 Å². The van der Waals surface area contributed by atoms with E-state index in [9.17, 15) is 0 Å². The van der Waals surface area contributed by atoms with Gasteiger partial charge in [-0.25, -0.2) is 0 Å². The van der Waals surface area contributed by atoms with E-state index in [1.54, 1.807) is 0 Å². The fraction of sp³-hybridized carbons (Fsp3) is 0.647. The Hall–Kier alpha value is -0.340. The molecule has 19 heavy (non-hydrogen) atoms. The zero-order chi connectivity index (χ0) is 13.3. The molecule has 0 saturated carbocycles. The third-order valence-electron chi connectivity index (χ3n) is 4.19. The minimum absolute atomic E-state index is 0. The van der Waals surface area contributed by atoms with Gasteiger partial charge in [0.1, 0.15) is 6.54 Å². The van der Waals surface area contributed by atoms with Gasteiger partial charge in [-0.2, -0.15) is 0 Å². The lowest BCUT2D eigenvalue weighted by molar-refractivity contribution is -0.938. The lowest BCUT2D eigenvalue weighted by Gasteiger charge is -2.37. The lowest BCUT2D eigenvalue weighted by atomic mass is 10.1. The van der Waals surface area contributed by atoms with E-state index in [1.807, 2.05) is 0 Å². The fourth-order valence-corrected chi connectivity index (χ4v) is 2.69. The molecule has 0 N–H and O–H groups in total. The number of benzene rings is 1. The summed E-state index contributed by atoms with van der Waals surface area (Å²) in [5.41, 5.74) is 1.48. The van der Waals surface area contributed by atoms with Crippen LogP contribution >= 0.6 is 0 Å². The van der Waals surface area contributed by atoms with Gasteiger partial charge in [0.2, 0.25) is 0 Å². The third kappa shape index (κ3) is 6.58. The molecule has 1 nitrogen and oxygen atoms in total. The molecule has 0 bridgehead atoms. The van der Waals surface area contributed by atoms with E-state index in [4.69, 9.17) is 0 Å². The minimum atomic E-state index is 0. The summed E-state index contributed by atoms with van der Waals surface area (Å²) in [5.74, 6) is 0. The molecule has 0 radical (unpaired) electrons. The second-order valence-corrected chi connectivity index (χ2v) is 5.40. The summed E-state index contributed by atoms with van der Waals surface area (Å²) in [6.07, 6.45) is 5.49. The zero-order valence-corrected chi connectivity index (χ0v) is 14.5. The van der Waals surface area contributed by atoms with Crippen LogP contribution < -0.4 is 17.0 Å². The lowest BCUT2D eigenvalue weighted by Crippen LogP contribution is -3.00. The van der Waals surface area contributed by atoms with E-state index < -0.39 is 0 Å². The van der Waals surface area contributed by atoms with Gasteiger partial charge < -0.3 is 21.5 Å². The predicted octanol–water partition coefficient (Wildman–Crippen LogP) is 1.63. The Balaban J connectivity index is 0.00000324. The fourth-order valence-electron chi connectivity index (χ4n) is 2.69. The average Bonchev–Trinajstić information content (AvgIpc) is 2.43. The van der Waals surface area contributed by atoms with E-state index in [2.05, 4.69) is 51.1 Å². The highest BCUT2D eigenvalue weighted by Crippen LogP contribution is 2.16. The highest BCUT2D eigenvalue weighted by atomic mass is 79.9. The van der Waals surface area contributed by atoms with Crippen molar-refractivity contribution in [1.82, 2.24) is 0 Å². The van der Waals surface area contributed by atoms with E-state index in [0.717, 1.165) is 0 Å². The quantitative estimate of drug-likeness (QED) is 0.477. The van der Waals surface area contributed by atoms with Gasteiger partial charge in [-0.15, -0.1) is 0 Å². The summed E-state index contributed by atoms with van der Waals surface area (Å²) in [6.45, 7) is 12.0. The second-order valence-electron chi connectivity index (χ2n) is 5.40. The number of hydrogen-bond donors (Lipinski definition) is 0. The molecular weight excluding hydrogens is 298 g/mol. The SMILES string of the molecule is CCCCCC[N+](CC)(CC)Cc1ccccc1.[Br-]. The van der Waals surface area contributed by atoms with Gasteiger partial charge in [0.15, 0.2) is 0 Å². The molecule has 110 valence electrons. The highest BCUT2D eigenvalue weighted by molar-refractivity contribution is 5.13. The van der Waals surface area contributed by atoms with Crippen LogP contribution in [-0.4, -0.2) is 24.1 Å². The van der Waals surface area contributed by atoms with E-state index >= 15 is 0 Å². The summed E-state index contributed by atoms with van der Waals surface area (Å²) in [6, 6.07) is 11.0. The number of unbranched alkanes of at least 4 members (excludes halogenated alkanes) is 3. The number of nitrogens with zero attached hydrogens (tertiary/aromatic N) is 1. The van der Waals surface area contributed by atoms with E-state index in [1.165, 1.54) is 61.9 Å². The summed E-state index contributed by atoms with van der Waals surface area (Å²) in [4.78, 5) is 0. The van der Waals surface area contributed by atoms with Crippen LogP contribution in [0.5, 0.6) is 0 Å². The predicted molar refractivity (Wildman–Crippen MR) is 80.5 cm³/mol. The molecule has 1 aromatic carbocycles. The topological polar surface area (TPSA) is 0 Å². The first kappa shape index (κ1) is 18.7. The molecule has 0 spiro atoms. The van der Waals surface area contributed by atoms with Crippen molar-refractivity contribution in [2.75, 3.05) is 19.6 Å². The van der Waals surface area contributed by atoms with Gasteiger partial charge in [-0.05, 0) is 26.7 Å². The molecule has 1 rings (SSSR count). The van der Waals surface area contributed by atoms with Crippen LogP contribution in [0, 0.1) is 0 Å². The maximum Gasteiger partial charge on any atom is 0.104 e. The van der Waals surface area contributed by atoms with Crippen LogP contribution in [0.15, 0.2) is 30.3 Å². The molecule has 0 aliphatic rings. The second kappa shape index (κ2) is 10.4. The van der Waals surface area contributed by atoms with Crippen molar-refractivity contribution < 1.29 is 21.5 Å². The molecule has 1 aromatic rings. The van der Waals surface area contributed by atoms with Gasteiger partial charge in [0, 0.05) is 5.56 Å². The van der Waals surface area contributed by atoms with Crippen molar-refractivity contribution in [2.45, 2.75) is 53.0 Å². The summed E-state index contributed by atoms with van der Waals surface area (Å²) < 4.78 is 1.24. The first-order valence-electron chi connectivity index (χ1n) is 7.65. The molecule has 0 unspecified atom stereocenters. The Morgan fingerprint density at radius 2 is 1.47 bits per heavy atom. The van der Waals surface area contributed by atoms with Gasteiger partial charge in [0.25, 0.3) is 0 Å². The molecule has 0 atom stereocenters. The molecule has 0 saturated heterocycles. The van der Waals surface area contributed by atoms with Crippen molar-refractivity contribution in [1.29, 1.82) is 0 Å². The third-order valence-corrected chi connectivity index (χ3v) is 4.19. The highest BCUT2D eigenvalue weighted by Gasteiger charge is 2.22. The first-order valence-corrected chi connectivity index (χ1v) is 7.65. The van der Waals surface area contributed by atoms with Crippen molar-refractivity contribution in [3.63, 3.8) is 0 Å². The maximum absolute atomic E-state index is 2.34. The van der Waals surface area contributed by atoms with Crippen molar-refractivity contribution in [3.05, 3.63) is 35.9 Å². The number of rotatable bonds is 9. The van der Waals surface area contributed by atoms with Crippen LogP contribution in [0.4, 0.5) is 0 Å². The normalized spacial score (nSPS) is 11.1. The molecule has 0 aromatic heterocycles. The minimum Gasteiger partial charge on any atom is -1.00 e. The van der Waals surface area contributed by atoms with Crippen LogP contribution in [0.25, 0.3) is 0 Å². The smallest absolute Gasteiger partial charge is 0.104 e. The number of hydrogen-bond acceptors (Lipinski definition) is 0. The molecular formula is C17H30BrN. The van der Waals surface area contributed by atoms with Crippen molar-refractivity contribution in [3.8, 4) is 0 Å². The summed E-state index contributed by atoms with van der Waals surface area (Å²) in [7, 11) is 0. The summed E-state index contributed by atoms with van der Waals surface area (Å²) >= 11 is 0. The van der Waals surface area contributed by atoms with Crippen LogP contribution in [-0.2, 0) is 6.54 Å². The Morgan fingerprint density at radius 1 is 0.842 bits per heavy atom. The molecule has 0 amide bonds. The Kier molecular flexibility index (Phi) is 10.3. The molecule has 0 aliphatic carbocycles. The van der Waals surface area contributed by atoms with Crippen LogP contribution in [0.2, 0.25) is 0 Å². The molecule has 0 heterocycles. The standard InChI is InChI=1S/C17H30N.BrH/c1-4-7-8-12-15-18(5-2,6-3)16-17-13-10-9-11-14-17;/h9-11,13-14H,4-8,12,15-16H2,1-3H3;1H/q+1;/p-1. The maximum atomic E-state index is 2.34. The Morgan fingerprint density at radius 3 is 2.00 bits per heavy atom. The van der Waals surface area contributed by atoms with Crippen molar-refractivity contribution >= 4 is 0 Å². The molecule has 2 heteroatoms. The monoisotopic (exact) mass is 327 g/mol. The largest absolute Gasteiger partial charge is 1.00 e. The zero-order valence-electron chi connectivity index (χ0n) is 12.9. The number of quaternary nitrogens is 1. The first-order chi connectivity index (χ1) is 8.76. The van der Waals surface area contributed by atoms with Gasteiger partial charge in [-0.3, -0.25) is 0 Å². The van der Waals surface area contributed by atoms with Crippen LogP contribution in [0.3, 0.4) is 0 Å². The average molecular weight is 328 g/mol. The Labute approximate surface area is 130 Å².